The van der Waals surface area contributed by atoms with Crippen LogP contribution in [0.4, 0.5) is 10.5 Å². The predicted octanol–water partition coefficient (Wildman–Crippen LogP) is 0.142. The van der Waals surface area contributed by atoms with Gasteiger partial charge in [-0.25, -0.2) is 14.6 Å². The number of rotatable bonds is 7. The van der Waals surface area contributed by atoms with Crippen LogP contribution in [0.25, 0.3) is 0 Å². The number of urea groups is 1. The molecular formula is C16H19N3O6. The first kappa shape index (κ1) is 18.4. The van der Waals surface area contributed by atoms with Crippen LogP contribution < -0.4 is 15.0 Å². The number of imide groups is 2. The number of benzene rings is 1. The number of anilines is 1. The minimum atomic E-state index is -1.05. The van der Waals surface area contributed by atoms with E-state index < -0.39 is 30.3 Å². The Labute approximate surface area is 144 Å². The summed E-state index contributed by atoms with van der Waals surface area (Å²) in [6.45, 7) is 1.46. The fourth-order valence-electron chi connectivity index (χ4n) is 2.36. The van der Waals surface area contributed by atoms with Gasteiger partial charge in [-0.15, -0.1) is 0 Å². The Hall–Kier alpha value is -2.94. The van der Waals surface area contributed by atoms with Crippen LogP contribution in [0.15, 0.2) is 24.3 Å². The quantitative estimate of drug-likeness (QED) is 0.555. The molecule has 1 atom stereocenters. The Kier molecular flexibility index (Phi) is 5.71. The van der Waals surface area contributed by atoms with Gasteiger partial charge in [0.15, 0.2) is 0 Å². The number of carbonyl (C=O) groups is 4. The molecule has 0 aliphatic carbocycles. The van der Waals surface area contributed by atoms with Gasteiger partial charge in [-0.2, -0.15) is 0 Å². The third kappa shape index (κ3) is 3.94. The molecule has 1 aromatic rings. The number of hydrogen-bond donors (Lipinski definition) is 1. The third-order valence-corrected chi connectivity index (χ3v) is 3.51. The van der Waals surface area contributed by atoms with Gasteiger partial charge in [0.25, 0.3) is 0 Å². The summed E-state index contributed by atoms with van der Waals surface area (Å²) in [5.74, 6) is -2.07. The standard InChI is InChI=1S/C16H19N3O6/c1-10(9-24-2)17-13(20)8-18-14(21)15(22)19(16(18)23)11-4-6-12(25-3)7-5-11/h4-7,10H,8-9H2,1-3H3,(H,17,20)/t10-/m0/s1. The van der Waals surface area contributed by atoms with Crippen LogP contribution in [-0.4, -0.2) is 62.1 Å². The summed E-state index contributed by atoms with van der Waals surface area (Å²) < 4.78 is 9.90. The average molecular weight is 349 g/mol. The summed E-state index contributed by atoms with van der Waals surface area (Å²) in [5, 5.41) is 2.58. The maximum Gasteiger partial charge on any atom is 0.339 e. The highest BCUT2D eigenvalue weighted by atomic mass is 16.5. The Morgan fingerprint density at radius 2 is 1.76 bits per heavy atom. The van der Waals surface area contributed by atoms with Crippen molar-refractivity contribution >= 4 is 29.4 Å². The van der Waals surface area contributed by atoms with Gasteiger partial charge in [-0.05, 0) is 31.2 Å². The number of carbonyl (C=O) groups excluding carboxylic acids is 4. The molecule has 1 fully saturated rings. The van der Waals surface area contributed by atoms with Crippen molar-refractivity contribution in [2.45, 2.75) is 13.0 Å². The molecule has 0 saturated carbocycles. The van der Waals surface area contributed by atoms with Crippen LogP contribution in [0.1, 0.15) is 6.92 Å². The van der Waals surface area contributed by atoms with E-state index in [4.69, 9.17) is 9.47 Å². The molecule has 0 aromatic heterocycles. The van der Waals surface area contributed by atoms with Crippen molar-refractivity contribution in [2.75, 3.05) is 32.3 Å². The highest BCUT2D eigenvalue weighted by Crippen LogP contribution is 2.24. The molecule has 9 heteroatoms. The van der Waals surface area contributed by atoms with Crippen molar-refractivity contribution in [1.29, 1.82) is 0 Å². The second kappa shape index (κ2) is 7.75. The van der Waals surface area contributed by atoms with Crippen LogP contribution in [0.5, 0.6) is 5.75 Å². The molecule has 9 nitrogen and oxygen atoms in total. The number of methoxy groups -OCH3 is 2. The van der Waals surface area contributed by atoms with E-state index in [2.05, 4.69) is 5.32 Å². The molecule has 25 heavy (non-hydrogen) atoms. The van der Waals surface area contributed by atoms with Crippen molar-refractivity contribution in [1.82, 2.24) is 10.2 Å². The third-order valence-electron chi connectivity index (χ3n) is 3.51. The lowest BCUT2D eigenvalue weighted by atomic mass is 10.3. The van der Waals surface area contributed by atoms with Gasteiger partial charge in [0.2, 0.25) is 5.91 Å². The molecule has 1 saturated heterocycles. The van der Waals surface area contributed by atoms with Crippen LogP contribution >= 0.6 is 0 Å². The van der Waals surface area contributed by atoms with Gasteiger partial charge in [0, 0.05) is 13.2 Å². The van der Waals surface area contributed by atoms with Gasteiger partial charge < -0.3 is 14.8 Å². The van der Waals surface area contributed by atoms with Crippen LogP contribution in [0.2, 0.25) is 0 Å². The summed E-state index contributed by atoms with van der Waals surface area (Å²) in [4.78, 5) is 49.9. The van der Waals surface area contributed by atoms with Crippen molar-refractivity contribution in [2.24, 2.45) is 0 Å². The number of amides is 5. The summed E-state index contributed by atoms with van der Waals surface area (Å²) in [6, 6.07) is 4.91. The molecule has 1 aliphatic rings. The van der Waals surface area contributed by atoms with Crippen molar-refractivity contribution < 1.29 is 28.7 Å². The molecular weight excluding hydrogens is 330 g/mol. The molecule has 0 unspecified atom stereocenters. The van der Waals surface area contributed by atoms with E-state index in [1.165, 1.54) is 26.4 Å². The molecule has 1 aliphatic heterocycles. The fourth-order valence-corrected chi connectivity index (χ4v) is 2.36. The first-order chi connectivity index (χ1) is 11.9. The average Bonchev–Trinajstić information content (AvgIpc) is 2.79. The monoisotopic (exact) mass is 349 g/mol. The minimum absolute atomic E-state index is 0.222. The van der Waals surface area contributed by atoms with Gasteiger partial charge in [0.05, 0.1) is 19.4 Å². The first-order valence-electron chi connectivity index (χ1n) is 7.51. The molecule has 0 bridgehead atoms. The van der Waals surface area contributed by atoms with Crippen molar-refractivity contribution in [3.8, 4) is 5.75 Å². The Morgan fingerprint density at radius 1 is 1.12 bits per heavy atom. The topological polar surface area (TPSA) is 105 Å². The molecule has 2 rings (SSSR count). The van der Waals surface area contributed by atoms with Gasteiger partial charge >= 0.3 is 17.8 Å². The molecule has 5 amide bonds. The second-order valence-corrected chi connectivity index (χ2v) is 5.44. The number of hydrogen-bond acceptors (Lipinski definition) is 6. The smallest absolute Gasteiger partial charge is 0.339 e. The zero-order valence-corrected chi connectivity index (χ0v) is 14.1. The molecule has 0 spiro atoms. The number of nitrogens with one attached hydrogen (secondary N) is 1. The van der Waals surface area contributed by atoms with Crippen molar-refractivity contribution in [3.05, 3.63) is 24.3 Å². The molecule has 0 radical (unpaired) electrons. The molecule has 1 aromatic carbocycles. The number of ether oxygens (including phenoxy) is 2. The van der Waals surface area contributed by atoms with E-state index >= 15 is 0 Å². The van der Waals surface area contributed by atoms with Gasteiger partial charge in [-0.1, -0.05) is 0 Å². The Morgan fingerprint density at radius 3 is 2.32 bits per heavy atom. The summed E-state index contributed by atoms with van der Waals surface area (Å²) in [5.41, 5.74) is 0.222. The summed E-state index contributed by atoms with van der Waals surface area (Å²) in [7, 11) is 2.97. The molecule has 1 N–H and O–H groups in total. The van der Waals surface area contributed by atoms with E-state index in [0.717, 1.165) is 4.90 Å². The van der Waals surface area contributed by atoms with Crippen molar-refractivity contribution in [3.63, 3.8) is 0 Å². The molecule has 1 heterocycles. The lowest BCUT2D eigenvalue weighted by Gasteiger charge is -2.17. The second-order valence-electron chi connectivity index (χ2n) is 5.44. The van der Waals surface area contributed by atoms with E-state index in [-0.39, 0.29) is 18.3 Å². The largest absolute Gasteiger partial charge is 0.497 e. The Balaban J connectivity index is 2.11. The van der Waals surface area contributed by atoms with E-state index in [1.54, 1.807) is 19.1 Å². The van der Waals surface area contributed by atoms with Gasteiger partial charge in [0.1, 0.15) is 12.3 Å². The fraction of sp³-hybridized carbons (Fsp3) is 0.375. The number of nitrogens with zero attached hydrogens (tertiary/aromatic N) is 2. The summed E-state index contributed by atoms with van der Waals surface area (Å²) >= 11 is 0. The van der Waals surface area contributed by atoms with E-state index in [0.29, 0.717) is 10.6 Å². The first-order valence-corrected chi connectivity index (χ1v) is 7.51. The highest BCUT2D eigenvalue weighted by Gasteiger charge is 2.46. The van der Waals surface area contributed by atoms with Gasteiger partial charge in [-0.3, -0.25) is 14.4 Å². The summed E-state index contributed by atoms with van der Waals surface area (Å²) in [6.07, 6.45) is 0. The highest BCUT2D eigenvalue weighted by molar-refractivity contribution is 6.53. The lowest BCUT2D eigenvalue weighted by Crippen LogP contribution is -2.45. The minimum Gasteiger partial charge on any atom is -0.497 e. The zero-order valence-electron chi connectivity index (χ0n) is 14.1. The molecule has 134 valence electrons. The maximum atomic E-state index is 12.4. The van der Waals surface area contributed by atoms with Crippen LogP contribution in [0.3, 0.4) is 0 Å². The van der Waals surface area contributed by atoms with E-state index in [1.807, 2.05) is 0 Å². The lowest BCUT2D eigenvalue weighted by molar-refractivity contribution is -0.140. The SMILES string of the molecule is COC[C@H](C)NC(=O)CN1C(=O)C(=O)N(c2ccc(OC)cc2)C1=O. The van der Waals surface area contributed by atoms with Crippen LogP contribution in [0, 0.1) is 0 Å². The zero-order chi connectivity index (χ0) is 18.6. The normalized spacial score (nSPS) is 15.6. The van der Waals surface area contributed by atoms with Crippen LogP contribution in [-0.2, 0) is 19.1 Å². The maximum absolute atomic E-state index is 12.4. The Bertz CT molecular complexity index is 688. The van der Waals surface area contributed by atoms with E-state index in [9.17, 15) is 19.2 Å². The predicted molar refractivity (Wildman–Crippen MR) is 87.1 cm³/mol.